The Hall–Kier alpha value is -1.41. The molecule has 0 amide bonds. The molecule has 1 atom stereocenters. The molecular formula is C17H17BrClFN4S. The summed E-state index contributed by atoms with van der Waals surface area (Å²) >= 11 is 11.4. The van der Waals surface area contributed by atoms with E-state index < -0.39 is 0 Å². The maximum atomic E-state index is 13.0. The standard InChI is InChI=1S/C17H17BrClFN4S/c1-24-16(14(18)9-22-24)13-7-15(25-17(13)19)23-12(8-21)6-10-2-4-11(20)5-3-10/h2-5,7,9,12,23H,6,8,21H2,1H3/t12-/m0/s1. The fraction of sp³-hybridized carbons (Fsp3) is 0.235. The number of nitrogens with zero attached hydrogens (tertiary/aromatic N) is 2. The second-order valence-corrected chi connectivity index (χ2v) is 8.18. The topological polar surface area (TPSA) is 55.9 Å². The van der Waals surface area contributed by atoms with Crippen LogP contribution in [-0.4, -0.2) is 22.4 Å². The van der Waals surface area contributed by atoms with Crippen LogP contribution in [0.1, 0.15) is 5.56 Å². The van der Waals surface area contributed by atoms with Crippen LogP contribution in [0, 0.1) is 5.82 Å². The number of anilines is 1. The van der Waals surface area contributed by atoms with Gasteiger partial charge < -0.3 is 11.1 Å². The second kappa shape index (κ2) is 7.86. The van der Waals surface area contributed by atoms with Crippen molar-refractivity contribution in [1.82, 2.24) is 9.78 Å². The zero-order valence-corrected chi connectivity index (χ0v) is 16.6. The summed E-state index contributed by atoms with van der Waals surface area (Å²) in [4.78, 5) is 0. The molecule has 8 heteroatoms. The molecule has 3 N–H and O–H groups in total. The van der Waals surface area contributed by atoms with Gasteiger partial charge in [-0.1, -0.05) is 23.7 Å². The molecule has 4 nitrogen and oxygen atoms in total. The van der Waals surface area contributed by atoms with Crippen LogP contribution in [0.15, 0.2) is 41.0 Å². The molecule has 3 aromatic rings. The molecule has 0 fully saturated rings. The van der Waals surface area contributed by atoms with Crippen LogP contribution in [0.3, 0.4) is 0 Å². The van der Waals surface area contributed by atoms with Gasteiger partial charge in [0.15, 0.2) is 0 Å². The number of nitrogens with two attached hydrogens (primary N) is 1. The van der Waals surface area contributed by atoms with E-state index in [-0.39, 0.29) is 11.9 Å². The number of rotatable bonds is 6. The highest BCUT2D eigenvalue weighted by Gasteiger charge is 2.17. The predicted octanol–water partition coefficient (Wildman–Crippen LogP) is 4.69. The van der Waals surface area contributed by atoms with E-state index in [0.717, 1.165) is 26.3 Å². The molecule has 0 aliphatic rings. The fourth-order valence-corrected chi connectivity index (χ4v) is 4.43. The van der Waals surface area contributed by atoms with E-state index in [1.807, 2.05) is 13.1 Å². The Kier molecular flexibility index (Phi) is 5.78. The molecule has 0 saturated heterocycles. The normalized spacial score (nSPS) is 12.4. The van der Waals surface area contributed by atoms with Crippen LogP contribution in [0.5, 0.6) is 0 Å². The molecule has 0 saturated carbocycles. The number of halogens is 3. The van der Waals surface area contributed by atoms with Gasteiger partial charge in [-0.3, -0.25) is 4.68 Å². The van der Waals surface area contributed by atoms with E-state index in [9.17, 15) is 4.39 Å². The van der Waals surface area contributed by atoms with Gasteiger partial charge in [0.1, 0.15) is 10.2 Å². The third-order valence-corrected chi connectivity index (χ3v) is 5.73. The minimum Gasteiger partial charge on any atom is -0.373 e. The Bertz CT molecular complexity index is 843. The molecule has 1 aromatic carbocycles. The van der Waals surface area contributed by atoms with Crippen molar-refractivity contribution < 1.29 is 4.39 Å². The van der Waals surface area contributed by atoms with Gasteiger partial charge in [-0.15, -0.1) is 11.3 Å². The van der Waals surface area contributed by atoms with Crippen molar-refractivity contribution in [2.75, 3.05) is 11.9 Å². The Morgan fingerprint density at radius 1 is 1.40 bits per heavy atom. The Labute approximate surface area is 162 Å². The summed E-state index contributed by atoms with van der Waals surface area (Å²) in [5.41, 5.74) is 8.77. The number of nitrogens with one attached hydrogen (secondary N) is 1. The minimum absolute atomic E-state index is 0.0306. The van der Waals surface area contributed by atoms with Gasteiger partial charge in [-0.2, -0.15) is 5.10 Å². The van der Waals surface area contributed by atoms with Gasteiger partial charge in [0.2, 0.25) is 0 Å². The lowest BCUT2D eigenvalue weighted by molar-refractivity contribution is 0.626. The zero-order valence-electron chi connectivity index (χ0n) is 13.5. The molecular weight excluding hydrogens is 427 g/mol. The molecule has 2 aromatic heterocycles. The molecule has 0 unspecified atom stereocenters. The van der Waals surface area contributed by atoms with Crippen LogP contribution in [0.2, 0.25) is 4.34 Å². The van der Waals surface area contributed by atoms with Crippen molar-refractivity contribution >= 4 is 43.9 Å². The lowest BCUT2D eigenvalue weighted by Crippen LogP contribution is -2.30. The smallest absolute Gasteiger partial charge is 0.123 e. The first-order valence-corrected chi connectivity index (χ1v) is 9.65. The number of aromatic nitrogens is 2. The van der Waals surface area contributed by atoms with Gasteiger partial charge >= 0.3 is 0 Å². The number of hydrogen-bond acceptors (Lipinski definition) is 4. The molecule has 0 spiro atoms. The van der Waals surface area contributed by atoms with Gasteiger partial charge in [0.05, 0.1) is 21.4 Å². The highest BCUT2D eigenvalue weighted by atomic mass is 79.9. The molecule has 2 heterocycles. The van der Waals surface area contributed by atoms with Crippen LogP contribution >= 0.6 is 38.9 Å². The third kappa shape index (κ3) is 4.23. The molecule has 3 rings (SSSR count). The van der Waals surface area contributed by atoms with Gasteiger partial charge in [-0.05, 0) is 46.1 Å². The molecule has 0 bridgehead atoms. The number of hydrogen-bond donors (Lipinski definition) is 2. The number of benzene rings is 1. The van der Waals surface area contributed by atoms with Crippen molar-refractivity contribution in [2.24, 2.45) is 12.8 Å². The third-order valence-electron chi connectivity index (χ3n) is 3.86. The van der Waals surface area contributed by atoms with E-state index in [2.05, 4.69) is 26.3 Å². The van der Waals surface area contributed by atoms with Crippen molar-refractivity contribution in [2.45, 2.75) is 12.5 Å². The van der Waals surface area contributed by atoms with E-state index in [1.165, 1.54) is 23.5 Å². The summed E-state index contributed by atoms with van der Waals surface area (Å²) in [6.07, 6.45) is 2.45. The van der Waals surface area contributed by atoms with Gasteiger partial charge in [0.25, 0.3) is 0 Å². The zero-order chi connectivity index (χ0) is 18.0. The van der Waals surface area contributed by atoms with E-state index in [4.69, 9.17) is 17.3 Å². The summed E-state index contributed by atoms with van der Waals surface area (Å²) in [7, 11) is 1.87. The minimum atomic E-state index is -0.238. The van der Waals surface area contributed by atoms with Crippen molar-refractivity contribution in [3.8, 4) is 11.3 Å². The number of aryl methyl sites for hydroxylation is 1. The van der Waals surface area contributed by atoms with Crippen LogP contribution in [0.4, 0.5) is 9.39 Å². The molecule has 132 valence electrons. The molecule has 25 heavy (non-hydrogen) atoms. The molecule has 0 aliphatic heterocycles. The maximum absolute atomic E-state index is 13.0. The first-order valence-electron chi connectivity index (χ1n) is 7.66. The van der Waals surface area contributed by atoms with E-state index >= 15 is 0 Å². The first kappa shape index (κ1) is 18.4. The van der Waals surface area contributed by atoms with Crippen LogP contribution < -0.4 is 11.1 Å². The second-order valence-electron chi connectivity index (χ2n) is 5.67. The van der Waals surface area contributed by atoms with Crippen LogP contribution in [-0.2, 0) is 13.5 Å². The maximum Gasteiger partial charge on any atom is 0.123 e. The van der Waals surface area contributed by atoms with Gasteiger partial charge in [0, 0.05) is 25.2 Å². The Morgan fingerprint density at radius 2 is 2.12 bits per heavy atom. The quantitative estimate of drug-likeness (QED) is 0.581. The highest BCUT2D eigenvalue weighted by molar-refractivity contribution is 9.10. The van der Waals surface area contributed by atoms with Gasteiger partial charge in [-0.25, -0.2) is 4.39 Å². The van der Waals surface area contributed by atoms with Crippen molar-refractivity contribution in [3.63, 3.8) is 0 Å². The average molecular weight is 444 g/mol. The first-order chi connectivity index (χ1) is 12.0. The lowest BCUT2D eigenvalue weighted by atomic mass is 10.1. The SMILES string of the molecule is Cn1ncc(Br)c1-c1cc(N[C@H](CN)Cc2ccc(F)cc2)sc1Cl. The summed E-state index contributed by atoms with van der Waals surface area (Å²) < 4.78 is 16.4. The van der Waals surface area contributed by atoms with E-state index in [0.29, 0.717) is 17.3 Å². The van der Waals surface area contributed by atoms with Crippen molar-refractivity contribution in [3.05, 3.63) is 56.7 Å². The fourth-order valence-electron chi connectivity index (χ4n) is 2.61. The molecule has 0 aliphatic carbocycles. The summed E-state index contributed by atoms with van der Waals surface area (Å²) in [5, 5.41) is 8.59. The van der Waals surface area contributed by atoms with Crippen LogP contribution in [0.25, 0.3) is 11.3 Å². The lowest BCUT2D eigenvalue weighted by Gasteiger charge is -2.16. The average Bonchev–Trinajstić information content (AvgIpc) is 3.10. The molecule has 0 radical (unpaired) electrons. The Balaban J connectivity index is 1.78. The van der Waals surface area contributed by atoms with E-state index in [1.54, 1.807) is 23.0 Å². The van der Waals surface area contributed by atoms with Crippen molar-refractivity contribution in [1.29, 1.82) is 0 Å². The number of thiophene rings is 1. The predicted molar refractivity (Wildman–Crippen MR) is 106 cm³/mol. The summed E-state index contributed by atoms with van der Waals surface area (Å²) in [5.74, 6) is -0.238. The summed E-state index contributed by atoms with van der Waals surface area (Å²) in [6.45, 7) is 0.456. The monoisotopic (exact) mass is 442 g/mol. The Morgan fingerprint density at radius 3 is 2.72 bits per heavy atom. The summed E-state index contributed by atoms with van der Waals surface area (Å²) in [6, 6.07) is 8.51. The highest BCUT2D eigenvalue weighted by Crippen LogP contribution is 2.41. The largest absolute Gasteiger partial charge is 0.373 e.